The fourth-order valence-electron chi connectivity index (χ4n) is 4.25. The molecule has 26 heavy (non-hydrogen) atoms. The van der Waals surface area contributed by atoms with Gasteiger partial charge in [0.05, 0.1) is 19.1 Å². The number of carbonyl (C=O) groups excluding carboxylic acids is 1. The third-order valence-corrected chi connectivity index (χ3v) is 5.65. The molecule has 0 radical (unpaired) electrons. The number of likely N-dealkylation sites (tertiary alicyclic amines) is 1. The Kier molecular flexibility index (Phi) is 10.8. The molecule has 7 heteroatoms. The van der Waals surface area contributed by atoms with Crippen molar-refractivity contribution in [1.29, 1.82) is 0 Å². The summed E-state index contributed by atoms with van der Waals surface area (Å²) < 4.78 is 10.9. The molecule has 1 saturated carbocycles. The summed E-state index contributed by atoms with van der Waals surface area (Å²) in [5.74, 6) is 1.67. The Morgan fingerprint density at radius 2 is 2.00 bits per heavy atom. The first kappa shape index (κ1) is 23.5. The minimum absolute atomic E-state index is 0. The molecule has 0 bridgehead atoms. The number of halogens is 1. The molecule has 0 aromatic rings. The van der Waals surface area contributed by atoms with Crippen molar-refractivity contribution in [1.82, 2.24) is 10.2 Å². The summed E-state index contributed by atoms with van der Waals surface area (Å²) in [5.41, 5.74) is 0. The third kappa shape index (κ3) is 6.25. The lowest BCUT2D eigenvalue weighted by molar-refractivity contribution is -0.145. The van der Waals surface area contributed by atoms with Gasteiger partial charge < -0.3 is 19.7 Å². The SMILES string of the molecule is CCOC(CCNC(=NC)N1CC(C)C(C(=O)OC)C1)C1CCCC1.I. The number of methoxy groups -OCH3 is 1. The zero-order valence-electron chi connectivity index (χ0n) is 16.7. The van der Waals surface area contributed by atoms with Crippen LogP contribution in [0.25, 0.3) is 0 Å². The molecule has 2 rings (SSSR count). The van der Waals surface area contributed by atoms with Crippen LogP contribution in [0, 0.1) is 17.8 Å². The summed E-state index contributed by atoms with van der Waals surface area (Å²) in [6.07, 6.45) is 6.61. The van der Waals surface area contributed by atoms with E-state index in [9.17, 15) is 4.79 Å². The Balaban J connectivity index is 0.00000338. The normalized spacial score (nSPS) is 25.1. The number of hydrogen-bond donors (Lipinski definition) is 1. The minimum Gasteiger partial charge on any atom is -0.469 e. The zero-order valence-corrected chi connectivity index (χ0v) is 19.0. The van der Waals surface area contributed by atoms with Gasteiger partial charge in [-0.25, -0.2) is 0 Å². The van der Waals surface area contributed by atoms with E-state index in [1.165, 1.54) is 32.8 Å². The maximum absolute atomic E-state index is 11.9. The zero-order chi connectivity index (χ0) is 18.2. The van der Waals surface area contributed by atoms with Crippen LogP contribution in [0.4, 0.5) is 0 Å². The molecular formula is C19H36IN3O3. The van der Waals surface area contributed by atoms with Gasteiger partial charge >= 0.3 is 5.97 Å². The van der Waals surface area contributed by atoms with Crippen molar-refractivity contribution in [2.75, 3.05) is 40.4 Å². The molecule has 0 spiro atoms. The van der Waals surface area contributed by atoms with Crippen LogP contribution < -0.4 is 5.32 Å². The topological polar surface area (TPSA) is 63.2 Å². The molecule has 3 atom stereocenters. The smallest absolute Gasteiger partial charge is 0.310 e. The van der Waals surface area contributed by atoms with Crippen LogP contribution in [0.15, 0.2) is 4.99 Å². The van der Waals surface area contributed by atoms with E-state index in [-0.39, 0.29) is 41.8 Å². The summed E-state index contributed by atoms with van der Waals surface area (Å²) in [5, 5.41) is 3.47. The molecule has 2 fully saturated rings. The lowest BCUT2D eigenvalue weighted by atomic mass is 9.98. The van der Waals surface area contributed by atoms with Gasteiger partial charge in [0.2, 0.25) is 0 Å². The first-order valence-electron chi connectivity index (χ1n) is 9.75. The average molecular weight is 481 g/mol. The molecule has 1 aliphatic carbocycles. The first-order valence-corrected chi connectivity index (χ1v) is 9.75. The third-order valence-electron chi connectivity index (χ3n) is 5.65. The van der Waals surface area contributed by atoms with Gasteiger partial charge in [-0.2, -0.15) is 0 Å². The number of rotatable bonds is 7. The number of guanidine groups is 1. The second-order valence-corrected chi connectivity index (χ2v) is 7.31. The molecule has 0 amide bonds. The lowest BCUT2D eigenvalue weighted by Crippen LogP contribution is -2.42. The highest BCUT2D eigenvalue weighted by Crippen LogP contribution is 2.30. The molecule has 1 aliphatic heterocycles. The Morgan fingerprint density at radius 1 is 1.31 bits per heavy atom. The molecule has 1 N–H and O–H groups in total. The van der Waals surface area contributed by atoms with E-state index in [0.29, 0.717) is 18.6 Å². The van der Waals surface area contributed by atoms with Crippen LogP contribution in [-0.2, 0) is 14.3 Å². The number of ether oxygens (including phenoxy) is 2. The molecule has 0 aromatic heterocycles. The van der Waals surface area contributed by atoms with Crippen molar-refractivity contribution >= 4 is 35.9 Å². The van der Waals surface area contributed by atoms with E-state index in [4.69, 9.17) is 9.47 Å². The fourth-order valence-corrected chi connectivity index (χ4v) is 4.25. The van der Waals surface area contributed by atoms with Crippen LogP contribution in [0.1, 0.15) is 46.0 Å². The van der Waals surface area contributed by atoms with Gasteiger partial charge in [0, 0.05) is 33.3 Å². The summed E-state index contributed by atoms with van der Waals surface area (Å²) in [6, 6.07) is 0. The van der Waals surface area contributed by atoms with Gasteiger partial charge in [-0.1, -0.05) is 19.8 Å². The van der Waals surface area contributed by atoms with Crippen LogP contribution in [-0.4, -0.2) is 63.3 Å². The number of carbonyl (C=O) groups is 1. The summed E-state index contributed by atoms with van der Waals surface area (Å²) in [7, 11) is 3.26. The van der Waals surface area contributed by atoms with Crippen molar-refractivity contribution < 1.29 is 14.3 Å². The first-order chi connectivity index (χ1) is 12.1. The molecule has 2 aliphatic rings. The highest BCUT2D eigenvalue weighted by Gasteiger charge is 2.37. The Bertz CT molecular complexity index is 455. The predicted octanol–water partition coefficient (Wildman–Crippen LogP) is 2.91. The average Bonchev–Trinajstić information content (AvgIpc) is 3.27. The summed E-state index contributed by atoms with van der Waals surface area (Å²) in [4.78, 5) is 18.4. The molecule has 1 saturated heterocycles. The van der Waals surface area contributed by atoms with E-state index in [0.717, 1.165) is 32.1 Å². The van der Waals surface area contributed by atoms with E-state index in [1.54, 1.807) is 7.05 Å². The molecule has 1 heterocycles. The fraction of sp³-hybridized carbons (Fsp3) is 0.895. The van der Waals surface area contributed by atoms with Crippen molar-refractivity contribution in [3.05, 3.63) is 0 Å². The predicted molar refractivity (Wildman–Crippen MR) is 115 cm³/mol. The van der Waals surface area contributed by atoms with Gasteiger partial charge in [0.1, 0.15) is 0 Å². The van der Waals surface area contributed by atoms with Crippen LogP contribution >= 0.6 is 24.0 Å². The summed E-state index contributed by atoms with van der Waals surface area (Å²) in [6.45, 7) is 7.30. The number of aliphatic imine (C=N–C) groups is 1. The van der Waals surface area contributed by atoms with Crippen LogP contribution in [0.3, 0.4) is 0 Å². The Hall–Kier alpha value is -0.570. The lowest BCUT2D eigenvalue weighted by Gasteiger charge is -2.26. The molecule has 6 nitrogen and oxygen atoms in total. The largest absolute Gasteiger partial charge is 0.469 e. The van der Waals surface area contributed by atoms with Crippen LogP contribution in [0.5, 0.6) is 0 Å². The molecule has 3 unspecified atom stereocenters. The van der Waals surface area contributed by atoms with E-state index in [2.05, 4.69) is 29.1 Å². The van der Waals surface area contributed by atoms with Crippen LogP contribution in [0.2, 0.25) is 0 Å². The van der Waals surface area contributed by atoms with E-state index < -0.39 is 0 Å². The quantitative estimate of drug-likeness (QED) is 0.262. The van der Waals surface area contributed by atoms with Crippen molar-refractivity contribution in [3.63, 3.8) is 0 Å². The van der Waals surface area contributed by atoms with Gasteiger partial charge in [-0.05, 0) is 38.0 Å². The van der Waals surface area contributed by atoms with E-state index in [1.807, 2.05) is 0 Å². The molecule has 152 valence electrons. The van der Waals surface area contributed by atoms with Crippen molar-refractivity contribution in [2.45, 2.75) is 52.1 Å². The second kappa shape index (κ2) is 12.0. The number of esters is 1. The maximum atomic E-state index is 11.9. The van der Waals surface area contributed by atoms with Gasteiger partial charge in [-0.3, -0.25) is 9.79 Å². The Labute approximate surface area is 175 Å². The molecular weight excluding hydrogens is 445 g/mol. The highest BCUT2D eigenvalue weighted by atomic mass is 127. The maximum Gasteiger partial charge on any atom is 0.310 e. The summed E-state index contributed by atoms with van der Waals surface area (Å²) >= 11 is 0. The van der Waals surface area contributed by atoms with Crippen molar-refractivity contribution in [2.24, 2.45) is 22.7 Å². The van der Waals surface area contributed by atoms with Gasteiger partial charge in [-0.15, -0.1) is 24.0 Å². The number of nitrogens with zero attached hydrogens (tertiary/aromatic N) is 2. The monoisotopic (exact) mass is 481 g/mol. The Morgan fingerprint density at radius 3 is 2.58 bits per heavy atom. The standard InChI is InChI=1S/C19H35N3O3.HI/c1-5-25-17(15-8-6-7-9-15)10-11-21-19(20-3)22-12-14(2)16(13-22)18(23)24-4;/h14-17H,5-13H2,1-4H3,(H,20,21);1H. The number of hydrogen-bond acceptors (Lipinski definition) is 4. The van der Waals surface area contributed by atoms with Crippen molar-refractivity contribution in [3.8, 4) is 0 Å². The van der Waals surface area contributed by atoms with Gasteiger partial charge in [0.15, 0.2) is 5.96 Å². The molecule has 0 aromatic carbocycles. The highest BCUT2D eigenvalue weighted by molar-refractivity contribution is 14.0. The van der Waals surface area contributed by atoms with Gasteiger partial charge in [0.25, 0.3) is 0 Å². The number of nitrogens with one attached hydrogen (secondary N) is 1. The second-order valence-electron chi connectivity index (χ2n) is 7.31. The van der Waals surface area contributed by atoms with E-state index >= 15 is 0 Å². The minimum atomic E-state index is -0.122.